The average molecular weight is 358 g/mol. The minimum atomic E-state index is 0.0730. The molecule has 0 aliphatic carbocycles. The molecule has 26 heavy (non-hydrogen) atoms. The van der Waals surface area contributed by atoms with Gasteiger partial charge in [0.25, 0.3) is 0 Å². The number of carbonyl (C=O) groups is 2. The van der Waals surface area contributed by atoms with E-state index in [1.165, 1.54) is 5.56 Å². The van der Waals surface area contributed by atoms with Crippen molar-refractivity contribution in [2.24, 2.45) is 5.41 Å². The van der Waals surface area contributed by atoms with Crippen LogP contribution in [-0.2, 0) is 20.7 Å². The Hall–Kier alpha value is -1.88. The number of likely N-dealkylation sites (tertiary alicyclic amines) is 2. The smallest absolute Gasteiger partial charge is 0.226 e. The van der Waals surface area contributed by atoms with E-state index in [4.69, 9.17) is 4.74 Å². The summed E-state index contributed by atoms with van der Waals surface area (Å²) in [7, 11) is 1.69. The Balaban J connectivity index is 1.52. The van der Waals surface area contributed by atoms with Crippen LogP contribution in [0.1, 0.15) is 36.8 Å². The standard InChI is InChI=1S/C21H30N2O3/c1-17-6-3-4-7-18(17)14-19(24)22-11-8-21(9-12-22)15-20(25)23(16-21)10-5-13-26-2/h3-4,6-7H,5,8-16H2,1-2H3. The first kappa shape index (κ1) is 18.9. The monoisotopic (exact) mass is 358 g/mol. The molecule has 2 fully saturated rings. The van der Waals surface area contributed by atoms with Crippen LogP contribution in [0.15, 0.2) is 24.3 Å². The van der Waals surface area contributed by atoms with E-state index in [-0.39, 0.29) is 17.2 Å². The van der Waals surface area contributed by atoms with Gasteiger partial charge in [0, 0.05) is 51.7 Å². The van der Waals surface area contributed by atoms with Crippen LogP contribution in [0.25, 0.3) is 0 Å². The third-order valence-corrected chi connectivity index (χ3v) is 5.96. The first-order valence-corrected chi connectivity index (χ1v) is 9.62. The van der Waals surface area contributed by atoms with E-state index in [1.54, 1.807) is 7.11 Å². The Kier molecular flexibility index (Phi) is 5.97. The molecular weight excluding hydrogens is 328 g/mol. The summed E-state index contributed by atoms with van der Waals surface area (Å²) >= 11 is 0. The molecule has 0 saturated carbocycles. The summed E-state index contributed by atoms with van der Waals surface area (Å²) in [4.78, 5) is 29.0. The lowest BCUT2D eigenvalue weighted by molar-refractivity contribution is -0.132. The van der Waals surface area contributed by atoms with Crippen LogP contribution < -0.4 is 0 Å². The number of hydrogen-bond acceptors (Lipinski definition) is 3. The molecule has 2 aliphatic rings. The second-order valence-electron chi connectivity index (χ2n) is 7.82. The van der Waals surface area contributed by atoms with Crippen LogP contribution in [0, 0.1) is 12.3 Å². The van der Waals surface area contributed by atoms with Crippen molar-refractivity contribution in [2.45, 2.75) is 39.0 Å². The molecule has 0 unspecified atom stereocenters. The summed E-state index contributed by atoms with van der Waals surface area (Å²) in [5.74, 6) is 0.469. The van der Waals surface area contributed by atoms with Gasteiger partial charge in [-0.25, -0.2) is 0 Å². The molecule has 0 radical (unpaired) electrons. The fraction of sp³-hybridized carbons (Fsp3) is 0.619. The van der Waals surface area contributed by atoms with Crippen molar-refractivity contribution < 1.29 is 14.3 Å². The van der Waals surface area contributed by atoms with Crippen molar-refractivity contribution in [3.63, 3.8) is 0 Å². The molecule has 0 atom stereocenters. The normalized spacial score (nSPS) is 19.4. The Bertz CT molecular complexity index is 650. The third-order valence-electron chi connectivity index (χ3n) is 5.96. The molecule has 5 nitrogen and oxygen atoms in total. The van der Waals surface area contributed by atoms with Crippen LogP contribution in [0.2, 0.25) is 0 Å². The second-order valence-corrected chi connectivity index (χ2v) is 7.82. The molecule has 1 aromatic rings. The maximum Gasteiger partial charge on any atom is 0.226 e. The molecular formula is C21H30N2O3. The van der Waals surface area contributed by atoms with Crippen molar-refractivity contribution in [1.82, 2.24) is 9.80 Å². The summed E-state index contributed by atoms with van der Waals surface area (Å²) in [6, 6.07) is 8.08. The number of rotatable bonds is 6. The van der Waals surface area contributed by atoms with Gasteiger partial charge in [-0.05, 0) is 37.3 Å². The quantitative estimate of drug-likeness (QED) is 0.734. The average Bonchev–Trinajstić information content (AvgIpc) is 2.93. The summed E-state index contributed by atoms with van der Waals surface area (Å²) in [5, 5.41) is 0. The van der Waals surface area contributed by atoms with Crippen molar-refractivity contribution >= 4 is 11.8 Å². The molecule has 2 aliphatic heterocycles. The van der Waals surface area contributed by atoms with E-state index in [9.17, 15) is 9.59 Å². The molecule has 0 bridgehead atoms. The maximum absolute atomic E-state index is 12.7. The molecule has 5 heteroatoms. The molecule has 2 heterocycles. The van der Waals surface area contributed by atoms with E-state index >= 15 is 0 Å². The predicted octanol–water partition coefficient (Wildman–Crippen LogP) is 2.42. The zero-order valence-electron chi connectivity index (χ0n) is 16.0. The Morgan fingerprint density at radius 2 is 1.96 bits per heavy atom. The van der Waals surface area contributed by atoms with Gasteiger partial charge in [0.1, 0.15) is 0 Å². The van der Waals surface area contributed by atoms with Gasteiger partial charge in [-0.3, -0.25) is 9.59 Å². The minimum Gasteiger partial charge on any atom is -0.385 e. The summed E-state index contributed by atoms with van der Waals surface area (Å²) in [5.41, 5.74) is 2.35. The summed E-state index contributed by atoms with van der Waals surface area (Å²) < 4.78 is 5.09. The largest absolute Gasteiger partial charge is 0.385 e. The van der Waals surface area contributed by atoms with Gasteiger partial charge in [-0.15, -0.1) is 0 Å². The highest BCUT2D eigenvalue weighted by Crippen LogP contribution is 2.41. The van der Waals surface area contributed by atoms with E-state index in [1.807, 2.05) is 28.0 Å². The second kappa shape index (κ2) is 8.21. The third kappa shape index (κ3) is 4.26. The van der Waals surface area contributed by atoms with Crippen molar-refractivity contribution in [3.05, 3.63) is 35.4 Å². The molecule has 3 rings (SSSR count). The number of piperidine rings is 1. The zero-order valence-corrected chi connectivity index (χ0v) is 16.0. The first-order chi connectivity index (χ1) is 12.5. The van der Waals surface area contributed by atoms with Gasteiger partial charge in [0.05, 0.1) is 6.42 Å². The van der Waals surface area contributed by atoms with Crippen LogP contribution in [0.5, 0.6) is 0 Å². The van der Waals surface area contributed by atoms with Crippen LogP contribution in [0.4, 0.5) is 0 Å². The van der Waals surface area contributed by atoms with Gasteiger partial charge >= 0.3 is 0 Å². The van der Waals surface area contributed by atoms with E-state index in [0.29, 0.717) is 19.4 Å². The number of methoxy groups -OCH3 is 1. The lowest BCUT2D eigenvalue weighted by Crippen LogP contribution is -2.44. The fourth-order valence-corrected chi connectivity index (χ4v) is 4.23. The number of amides is 2. The maximum atomic E-state index is 12.7. The Morgan fingerprint density at radius 1 is 1.23 bits per heavy atom. The highest BCUT2D eigenvalue weighted by molar-refractivity contribution is 5.80. The van der Waals surface area contributed by atoms with E-state index in [0.717, 1.165) is 51.0 Å². The van der Waals surface area contributed by atoms with Crippen LogP contribution >= 0.6 is 0 Å². The van der Waals surface area contributed by atoms with Crippen molar-refractivity contribution in [1.29, 1.82) is 0 Å². The molecule has 1 aromatic carbocycles. The number of ether oxygens (including phenoxy) is 1. The van der Waals surface area contributed by atoms with Gasteiger partial charge in [-0.1, -0.05) is 24.3 Å². The Labute approximate surface area is 156 Å². The summed E-state index contributed by atoms with van der Waals surface area (Å²) in [6.07, 6.45) is 3.86. The number of carbonyl (C=O) groups excluding carboxylic acids is 2. The van der Waals surface area contributed by atoms with Crippen molar-refractivity contribution in [3.8, 4) is 0 Å². The number of aryl methyl sites for hydroxylation is 1. The predicted molar refractivity (Wildman–Crippen MR) is 101 cm³/mol. The number of nitrogens with zero attached hydrogens (tertiary/aromatic N) is 2. The van der Waals surface area contributed by atoms with Gasteiger partial charge in [0.2, 0.25) is 11.8 Å². The summed E-state index contributed by atoms with van der Waals surface area (Å²) in [6.45, 7) is 5.90. The highest BCUT2D eigenvalue weighted by Gasteiger charge is 2.45. The van der Waals surface area contributed by atoms with E-state index in [2.05, 4.69) is 13.0 Å². The molecule has 2 amide bonds. The van der Waals surface area contributed by atoms with Gasteiger partial charge < -0.3 is 14.5 Å². The molecule has 1 spiro atoms. The molecule has 0 aromatic heterocycles. The van der Waals surface area contributed by atoms with Crippen LogP contribution in [-0.4, -0.2) is 61.5 Å². The Morgan fingerprint density at radius 3 is 2.65 bits per heavy atom. The van der Waals surface area contributed by atoms with Gasteiger partial charge in [0.15, 0.2) is 0 Å². The number of benzene rings is 1. The lowest BCUT2D eigenvalue weighted by Gasteiger charge is -2.39. The molecule has 2 saturated heterocycles. The minimum absolute atomic E-state index is 0.0730. The topological polar surface area (TPSA) is 49.9 Å². The zero-order chi connectivity index (χ0) is 18.6. The SMILES string of the molecule is COCCCN1CC2(CCN(C(=O)Cc3ccccc3C)CC2)CC1=O. The number of hydrogen-bond donors (Lipinski definition) is 0. The highest BCUT2D eigenvalue weighted by atomic mass is 16.5. The molecule has 142 valence electrons. The fourth-order valence-electron chi connectivity index (χ4n) is 4.23. The lowest BCUT2D eigenvalue weighted by atomic mass is 9.77. The van der Waals surface area contributed by atoms with Crippen molar-refractivity contribution in [2.75, 3.05) is 39.9 Å². The van der Waals surface area contributed by atoms with E-state index < -0.39 is 0 Å². The molecule has 0 N–H and O–H groups in total. The van der Waals surface area contributed by atoms with Gasteiger partial charge in [-0.2, -0.15) is 0 Å². The van der Waals surface area contributed by atoms with Crippen LogP contribution in [0.3, 0.4) is 0 Å². The first-order valence-electron chi connectivity index (χ1n) is 9.62.